The van der Waals surface area contributed by atoms with Gasteiger partial charge in [0.25, 0.3) is 0 Å². The third-order valence-electron chi connectivity index (χ3n) is 3.36. The van der Waals surface area contributed by atoms with Gasteiger partial charge in [-0.2, -0.15) is 5.10 Å². The van der Waals surface area contributed by atoms with Gasteiger partial charge in [-0.3, -0.25) is 0 Å². The van der Waals surface area contributed by atoms with E-state index in [2.05, 4.69) is 34.5 Å². The Hall–Kier alpha value is -1.88. The predicted molar refractivity (Wildman–Crippen MR) is 72.0 cm³/mol. The standard InChI is InChI=1S/C14H18N4O/c1-2-18-14(16-10-17-18)9-15-8-12-7-11-5-3-4-6-13(11)19-12/h3-6,10,12,15H,2,7-9H2,1H3. The fraction of sp³-hybridized carbons (Fsp3) is 0.429. The Morgan fingerprint density at radius 1 is 1.42 bits per heavy atom. The lowest BCUT2D eigenvalue weighted by atomic mass is 10.1. The maximum absolute atomic E-state index is 5.88. The van der Waals surface area contributed by atoms with Crippen LogP contribution < -0.4 is 10.1 Å². The highest BCUT2D eigenvalue weighted by molar-refractivity contribution is 5.37. The molecule has 1 aliphatic heterocycles. The number of fused-ring (bicyclic) bond motifs is 1. The molecule has 0 aliphatic carbocycles. The van der Waals surface area contributed by atoms with Crippen LogP contribution in [0.4, 0.5) is 0 Å². The van der Waals surface area contributed by atoms with Gasteiger partial charge >= 0.3 is 0 Å². The summed E-state index contributed by atoms with van der Waals surface area (Å²) in [5.41, 5.74) is 1.30. The van der Waals surface area contributed by atoms with Crippen molar-refractivity contribution in [3.8, 4) is 5.75 Å². The molecule has 5 heteroatoms. The molecule has 1 N–H and O–H groups in total. The van der Waals surface area contributed by atoms with Gasteiger partial charge in [0.05, 0.1) is 6.54 Å². The quantitative estimate of drug-likeness (QED) is 0.880. The molecular weight excluding hydrogens is 240 g/mol. The summed E-state index contributed by atoms with van der Waals surface area (Å²) in [5.74, 6) is 1.99. The lowest BCUT2D eigenvalue weighted by Gasteiger charge is -2.11. The van der Waals surface area contributed by atoms with Crippen LogP contribution >= 0.6 is 0 Å². The second kappa shape index (κ2) is 5.40. The number of hydrogen-bond donors (Lipinski definition) is 1. The number of nitrogens with zero attached hydrogens (tertiary/aromatic N) is 3. The van der Waals surface area contributed by atoms with Crippen LogP contribution in [0.5, 0.6) is 5.75 Å². The first kappa shape index (κ1) is 12.2. The molecule has 0 saturated carbocycles. The maximum atomic E-state index is 5.88. The molecular formula is C14H18N4O. The van der Waals surface area contributed by atoms with Crippen molar-refractivity contribution < 1.29 is 4.74 Å². The molecule has 0 radical (unpaired) electrons. The molecule has 0 amide bonds. The molecule has 0 fully saturated rings. The van der Waals surface area contributed by atoms with Gasteiger partial charge in [0, 0.05) is 19.5 Å². The molecule has 3 rings (SSSR count). The van der Waals surface area contributed by atoms with Crippen LogP contribution in [-0.2, 0) is 19.5 Å². The van der Waals surface area contributed by atoms with Crippen molar-refractivity contribution in [2.24, 2.45) is 0 Å². The van der Waals surface area contributed by atoms with E-state index in [1.807, 2.05) is 16.8 Å². The first-order chi connectivity index (χ1) is 9.36. The third kappa shape index (κ3) is 2.61. The summed E-state index contributed by atoms with van der Waals surface area (Å²) in [5, 5.41) is 7.54. The number of aryl methyl sites for hydroxylation is 1. The van der Waals surface area contributed by atoms with Gasteiger partial charge in [-0.1, -0.05) is 18.2 Å². The number of nitrogens with one attached hydrogen (secondary N) is 1. The largest absolute Gasteiger partial charge is 0.488 e. The Labute approximate surface area is 112 Å². The lowest BCUT2D eigenvalue weighted by Crippen LogP contribution is -2.30. The minimum atomic E-state index is 0.218. The normalized spacial score (nSPS) is 17.2. The highest BCUT2D eigenvalue weighted by Crippen LogP contribution is 2.27. The van der Waals surface area contributed by atoms with Crippen LogP contribution in [0.1, 0.15) is 18.3 Å². The van der Waals surface area contributed by atoms with Crippen LogP contribution in [0.15, 0.2) is 30.6 Å². The summed E-state index contributed by atoms with van der Waals surface area (Å²) < 4.78 is 7.78. The Morgan fingerprint density at radius 2 is 2.32 bits per heavy atom. The van der Waals surface area contributed by atoms with Crippen molar-refractivity contribution in [1.29, 1.82) is 0 Å². The van der Waals surface area contributed by atoms with Crippen molar-refractivity contribution in [2.75, 3.05) is 6.54 Å². The number of benzene rings is 1. The zero-order valence-corrected chi connectivity index (χ0v) is 11.0. The minimum absolute atomic E-state index is 0.218. The summed E-state index contributed by atoms with van der Waals surface area (Å²) in [6, 6.07) is 8.23. The molecule has 0 saturated heterocycles. The fourth-order valence-corrected chi connectivity index (χ4v) is 2.40. The Balaban J connectivity index is 1.50. The first-order valence-corrected chi connectivity index (χ1v) is 6.68. The molecule has 0 bridgehead atoms. The molecule has 100 valence electrons. The van der Waals surface area contributed by atoms with E-state index in [0.717, 1.165) is 37.6 Å². The molecule has 2 heterocycles. The van der Waals surface area contributed by atoms with Gasteiger partial charge in [-0.25, -0.2) is 9.67 Å². The maximum Gasteiger partial charge on any atom is 0.140 e. The highest BCUT2D eigenvalue weighted by Gasteiger charge is 2.21. The van der Waals surface area contributed by atoms with Crippen LogP contribution in [0, 0.1) is 0 Å². The average molecular weight is 258 g/mol. The van der Waals surface area contributed by atoms with E-state index in [9.17, 15) is 0 Å². The van der Waals surface area contributed by atoms with Gasteiger partial charge in [-0.15, -0.1) is 0 Å². The SMILES string of the molecule is CCn1ncnc1CNCC1Cc2ccccc2O1. The second-order valence-corrected chi connectivity index (χ2v) is 4.67. The molecule has 1 aromatic heterocycles. The number of aromatic nitrogens is 3. The summed E-state index contributed by atoms with van der Waals surface area (Å²) in [7, 11) is 0. The third-order valence-corrected chi connectivity index (χ3v) is 3.36. The average Bonchev–Trinajstić information content (AvgIpc) is 3.04. The molecule has 5 nitrogen and oxygen atoms in total. The van der Waals surface area contributed by atoms with Crippen molar-refractivity contribution >= 4 is 0 Å². The van der Waals surface area contributed by atoms with Crippen LogP contribution in [0.2, 0.25) is 0 Å². The molecule has 0 spiro atoms. The van der Waals surface area contributed by atoms with E-state index in [1.165, 1.54) is 5.56 Å². The fourth-order valence-electron chi connectivity index (χ4n) is 2.40. The van der Waals surface area contributed by atoms with Crippen LogP contribution in [0.25, 0.3) is 0 Å². The number of rotatable bonds is 5. The van der Waals surface area contributed by atoms with Crippen LogP contribution in [0.3, 0.4) is 0 Å². The monoisotopic (exact) mass is 258 g/mol. The Morgan fingerprint density at radius 3 is 3.16 bits per heavy atom. The van der Waals surface area contributed by atoms with E-state index in [-0.39, 0.29) is 6.10 Å². The zero-order valence-electron chi connectivity index (χ0n) is 11.0. The number of hydrogen-bond acceptors (Lipinski definition) is 4. The predicted octanol–water partition coefficient (Wildman–Crippen LogP) is 1.39. The van der Waals surface area contributed by atoms with E-state index in [1.54, 1.807) is 6.33 Å². The smallest absolute Gasteiger partial charge is 0.140 e. The second-order valence-electron chi connectivity index (χ2n) is 4.67. The van der Waals surface area contributed by atoms with Crippen LogP contribution in [-0.4, -0.2) is 27.4 Å². The van der Waals surface area contributed by atoms with Crippen molar-refractivity contribution in [1.82, 2.24) is 20.1 Å². The highest BCUT2D eigenvalue weighted by atomic mass is 16.5. The van der Waals surface area contributed by atoms with Gasteiger partial charge in [0.15, 0.2) is 0 Å². The van der Waals surface area contributed by atoms with E-state index in [4.69, 9.17) is 4.74 Å². The number of para-hydroxylation sites is 1. The molecule has 1 unspecified atom stereocenters. The van der Waals surface area contributed by atoms with Gasteiger partial charge in [0.2, 0.25) is 0 Å². The summed E-state index contributed by atoms with van der Waals surface area (Å²) in [4.78, 5) is 4.24. The Bertz CT molecular complexity index is 527. The van der Waals surface area contributed by atoms with E-state index in [0.29, 0.717) is 0 Å². The minimum Gasteiger partial charge on any atom is -0.488 e. The number of ether oxygens (including phenoxy) is 1. The molecule has 1 aromatic carbocycles. The topological polar surface area (TPSA) is 52.0 Å². The molecule has 2 aromatic rings. The first-order valence-electron chi connectivity index (χ1n) is 6.68. The van der Waals surface area contributed by atoms with Crippen molar-refractivity contribution in [2.45, 2.75) is 32.5 Å². The van der Waals surface area contributed by atoms with E-state index < -0.39 is 0 Å². The molecule has 1 atom stereocenters. The van der Waals surface area contributed by atoms with Crippen molar-refractivity contribution in [3.63, 3.8) is 0 Å². The molecule has 19 heavy (non-hydrogen) atoms. The summed E-state index contributed by atoms with van der Waals surface area (Å²) >= 11 is 0. The van der Waals surface area contributed by atoms with Gasteiger partial charge in [-0.05, 0) is 18.6 Å². The zero-order chi connectivity index (χ0) is 13.1. The van der Waals surface area contributed by atoms with E-state index >= 15 is 0 Å². The van der Waals surface area contributed by atoms with Gasteiger partial charge < -0.3 is 10.1 Å². The van der Waals surface area contributed by atoms with Crippen molar-refractivity contribution in [3.05, 3.63) is 42.0 Å². The summed E-state index contributed by atoms with van der Waals surface area (Å²) in [6.45, 7) is 4.46. The Kier molecular flexibility index (Phi) is 3.46. The molecule has 1 aliphatic rings. The summed E-state index contributed by atoms with van der Waals surface area (Å²) in [6.07, 6.45) is 2.79. The lowest BCUT2D eigenvalue weighted by molar-refractivity contribution is 0.226. The van der Waals surface area contributed by atoms with Gasteiger partial charge in [0.1, 0.15) is 24.0 Å².